The molecule has 0 radical (unpaired) electrons. The van der Waals surface area contributed by atoms with Gasteiger partial charge in [0.25, 0.3) is 0 Å². The maximum absolute atomic E-state index is 10.5. The minimum absolute atomic E-state index is 0.620. The molecule has 0 atom stereocenters. The summed E-state index contributed by atoms with van der Waals surface area (Å²) < 4.78 is 0. The number of nitrogen functional groups attached to an aromatic ring is 1. The first-order valence-electron chi connectivity index (χ1n) is 4.71. The second-order valence-corrected chi connectivity index (χ2v) is 3.22. The van der Waals surface area contributed by atoms with Gasteiger partial charge in [0.15, 0.2) is 0 Å². The minimum atomic E-state index is -1.47. The maximum atomic E-state index is 10.5. The van der Waals surface area contributed by atoms with Crippen molar-refractivity contribution in [3.8, 4) is 0 Å². The molecule has 0 aliphatic heterocycles. The smallest absolute Gasteiger partial charge is 0.343 e. The number of carboxylic acids is 2. The quantitative estimate of drug-likeness (QED) is 0.240. The first-order chi connectivity index (χ1) is 8.00. The Kier molecular flexibility index (Phi) is 4.05. The van der Waals surface area contributed by atoms with Crippen LogP contribution in [0.2, 0.25) is 0 Å². The van der Waals surface area contributed by atoms with Crippen molar-refractivity contribution in [3.05, 3.63) is 47.6 Å². The summed E-state index contributed by atoms with van der Waals surface area (Å²) >= 11 is 0. The molecule has 1 aromatic carbocycles. The molecule has 17 heavy (non-hydrogen) atoms. The predicted octanol–water partition coefficient (Wildman–Crippen LogP) is 1.38. The summed E-state index contributed by atoms with van der Waals surface area (Å²) in [4.78, 5) is 21.1. The molecule has 0 spiro atoms. The lowest BCUT2D eigenvalue weighted by atomic mass is 10.2. The Bertz CT molecular complexity index is 470. The summed E-state index contributed by atoms with van der Waals surface area (Å²) in [5, 5.41) is 17.2. The monoisotopic (exact) mass is 233 g/mol. The zero-order valence-corrected chi connectivity index (χ0v) is 8.83. The van der Waals surface area contributed by atoms with Crippen LogP contribution in [0.15, 0.2) is 42.0 Å². The number of nitrogens with two attached hydrogens (primary N) is 1. The highest BCUT2D eigenvalue weighted by molar-refractivity contribution is 6.12. The zero-order valence-electron chi connectivity index (χ0n) is 8.83. The van der Waals surface area contributed by atoms with Crippen LogP contribution in [0.1, 0.15) is 5.56 Å². The van der Waals surface area contributed by atoms with Crippen molar-refractivity contribution < 1.29 is 19.8 Å². The lowest BCUT2D eigenvalue weighted by Gasteiger charge is -1.94. The maximum Gasteiger partial charge on any atom is 0.343 e. The summed E-state index contributed by atoms with van der Waals surface area (Å²) in [6.45, 7) is 0. The normalized spacial score (nSPS) is 10.1. The van der Waals surface area contributed by atoms with Gasteiger partial charge in [-0.2, -0.15) is 0 Å². The Hall–Kier alpha value is -2.56. The molecule has 5 heteroatoms. The number of carbonyl (C=O) groups is 2. The van der Waals surface area contributed by atoms with Gasteiger partial charge in [-0.1, -0.05) is 24.3 Å². The van der Waals surface area contributed by atoms with Gasteiger partial charge in [-0.25, -0.2) is 9.59 Å². The number of carboxylic acid groups (broad SMARTS) is 2. The Morgan fingerprint density at radius 2 is 1.59 bits per heavy atom. The van der Waals surface area contributed by atoms with E-state index in [1.54, 1.807) is 30.3 Å². The fourth-order valence-electron chi connectivity index (χ4n) is 1.10. The fraction of sp³-hybridized carbons (Fsp3) is 0. The van der Waals surface area contributed by atoms with Crippen molar-refractivity contribution in [2.24, 2.45) is 0 Å². The van der Waals surface area contributed by atoms with Gasteiger partial charge >= 0.3 is 11.9 Å². The van der Waals surface area contributed by atoms with Gasteiger partial charge in [0.1, 0.15) is 5.57 Å². The van der Waals surface area contributed by atoms with Crippen LogP contribution in [0.5, 0.6) is 0 Å². The molecule has 0 aliphatic carbocycles. The standard InChI is InChI=1S/C12H11NO4/c13-9-6-4-8(5-7-9)2-1-3-10(11(14)15)12(16)17/h1-7H,13H2,(H,14,15)(H,16,17). The van der Waals surface area contributed by atoms with Gasteiger partial charge in [-0.3, -0.25) is 0 Å². The Labute approximate surface area is 97.5 Å². The molecule has 4 N–H and O–H groups in total. The van der Waals surface area contributed by atoms with Crippen molar-refractivity contribution in [2.45, 2.75) is 0 Å². The molecule has 0 amide bonds. The summed E-state index contributed by atoms with van der Waals surface area (Å²) in [5.74, 6) is -2.95. The van der Waals surface area contributed by atoms with Gasteiger partial charge in [0.2, 0.25) is 0 Å². The largest absolute Gasteiger partial charge is 0.477 e. The van der Waals surface area contributed by atoms with Crippen LogP contribution >= 0.6 is 0 Å². The highest BCUT2D eigenvalue weighted by Crippen LogP contribution is 2.07. The Morgan fingerprint density at radius 1 is 1.06 bits per heavy atom. The number of hydrogen-bond acceptors (Lipinski definition) is 3. The Morgan fingerprint density at radius 3 is 2.06 bits per heavy atom. The fourth-order valence-corrected chi connectivity index (χ4v) is 1.10. The minimum Gasteiger partial charge on any atom is -0.477 e. The van der Waals surface area contributed by atoms with Crippen molar-refractivity contribution >= 4 is 23.7 Å². The molecule has 0 aromatic heterocycles. The molecule has 0 fully saturated rings. The van der Waals surface area contributed by atoms with E-state index in [9.17, 15) is 9.59 Å². The first-order valence-corrected chi connectivity index (χ1v) is 4.71. The van der Waals surface area contributed by atoms with Crippen LogP contribution in [-0.4, -0.2) is 22.2 Å². The molecule has 0 saturated heterocycles. The lowest BCUT2D eigenvalue weighted by Crippen LogP contribution is -2.10. The number of allylic oxidation sites excluding steroid dienone is 2. The van der Waals surface area contributed by atoms with E-state index in [-0.39, 0.29) is 0 Å². The van der Waals surface area contributed by atoms with Gasteiger partial charge in [-0.05, 0) is 23.8 Å². The van der Waals surface area contributed by atoms with Crippen LogP contribution in [0.3, 0.4) is 0 Å². The molecule has 1 rings (SSSR count). The number of rotatable bonds is 4. The van der Waals surface area contributed by atoms with Gasteiger partial charge in [0.05, 0.1) is 0 Å². The highest BCUT2D eigenvalue weighted by Gasteiger charge is 2.13. The third kappa shape index (κ3) is 3.83. The Balaban J connectivity index is 2.84. The van der Waals surface area contributed by atoms with Crippen molar-refractivity contribution in [2.75, 3.05) is 5.73 Å². The van der Waals surface area contributed by atoms with E-state index in [1.165, 1.54) is 6.08 Å². The predicted molar refractivity (Wildman–Crippen MR) is 63.2 cm³/mol. The van der Waals surface area contributed by atoms with E-state index < -0.39 is 17.5 Å². The molecule has 5 nitrogen and oxygen atoms in total. The molecule has 0 unspecified atom stereocenters. The van der Waals surface area contributed by atoms with Gasteiger partial charge in [0, 0.05) is 5.69 Å². The molecule has 1 aromatic rings. The number of anilines is 1. The molecule has 0 bridgehead atoms. The third-order valence-electron chi connectivity index (χ3n) is 1.95. The molecular formula is C12H11NO4. The highest BCUT2D eigenvalue weighted by atomic mass is 16.4. The second kappa shape index (κ2) is 5.50. The lowest BCUT2D eigenvalue weighted by molar-refractivity contribution is -0.140. The van der Waals surface area contributed by atoms with Crippen LogP contribution in [0.4, 0.5) is 5.69 Å². The zero-order chi connectivity index (χ0) is 12.8. The summed E-state index contributed by atoms with van der Waals surface area (Å²) in [6.07, 6.45) is 3.98. The van der Waals surface area contributed by atoms with E-state index >= 15 is 0 Å². The molecule has 0 heterocycles. The van der Waals surface area contributed by atoms with Crippen molar-refractivity contribution in [3.63, 3.8) is 0 Å². The summed E-state index contributed by atoms with van der Waals surface area (Å²) in [7, 11) is 0. The molecule has 0 saturated carbocycles. The molecular weight excluding hydrogens is 222 g/mol. The van der Waals surface area contributed by atoms with E-state index in [1.807, 2.05) is 0 Å². The van der Waals surface area contributed by atoms with Crippen LogP contribution in [0.25, 0.3) is 6.08 Å². The average molecular weight is 233 g/mol. The number of benzene rings is 1. The number of hydrogen-bond donors (Lipinski definition) is 3. The van der Waals surface area contributed by atoms with Crippen molar-refractivity contribution in [1.29, 1.82) is 0 Å². The van der Waals surface area contributed by atoms with Gasteiger partial charge in [-0.15, -0.1) is 0 Å². The summed E-state index contributed by atoms with van der Waals surface area (Å²) in [6, 6.07) is 6.86. The van der Waals surface area contributed by atoms with Crippen LogP contribution < -0.4 is 5.73 Å². The van der Waals surface area contributed by atoms with Crippen LogP contribution in [-0.2, 0) is 9.59 Å². The molecule has 88 valence electrons. The topological polar surface area (TPSA) is 101 Å². The first kappa shape index (κ1) is 12.5. The number of aliphatic carboxylic acids is 2. The van der Waals surface area contributed by atoms with Crippen molar-refractivity contribution in [1.82, 2.24) is 0 Å². The summed E-state index contributed by atoms with van der Waals surface area (Å²) in [5.41, 5.74) is 6.22. The van der Waals surface area contributed by atoms with E-state index in [0.717, 1.165) is 11.6 Å². The third-order valence-corrected chi connectivity index (χ3v) is 1.95. The second-order valence-electron chi connectivity index (χ2n) is 3.22. The van der Waals surface area contributed by atoms with E-state index in [2.05, 4.69) is 0 Å². The van der Waals surface area contributed by atoms with Gasteiger partial charge < -0.3 is 15.9 Å². The van der Waals surface area contributed by atoms with E-state index in [0.29, 0.717) is 5.69 Å². The SMILES string of the molecule is Nc1ccc(C=CC=C(C(=O)O)C(=O)O)cc1. The average Bonchev–Trinajstić information content (AvgIpc) is 2.25. The molecule has 0 aliphatic rings. The van der Waals surface area contributed by atoms with Crippen LogP contribution in [0, 0.1) is 0 Å². The van der Waals surface area contributed by atoms with E-state index in [4.69, 9.17) is 15.9 Å².